The van der Waals surface area contributed by atoms with Gasteiger partial charge in [0.25, 0.3) is 0 Å². The molecule has 0 heterocycles. The Morgan fingerprint density at radius 1 is 1.18 bits per heavy atom. The van der Waals surface area contributed by atoms with E-state index in [0.717, 1.165) is 13.1 Å². The van der Waals surface area contributed by atoms with Gasteiger partial charge in [-0.05, 0) is 31.7 Å². The minimum absolute atomic E-state index is 0.0695. The highest BCUT2D eigenvalue weighted by Gasteiger charge is 2.12. The molecule has 1 atom stereocenters. The van der Waals surface area contributed by atoms with Gasteiger partial charge in [0.15, 0.2) is 0 Å². The van der Waals surface area contributed by atoms with Gasteiger partial charge in [-0.3, -0.25) is 0 Å². The number of halogens is 1. The number of likely N-dealkylation sites (N-methyl/N-ethyl adjacent to an activating group) is 1. The van der Waals surface area contributed by atoms with Crippen LogP contribution in [0.3, 0.4) is 0 Å². The third kappa shape index (κ3) is 4.31. The fourth-order valence-electron chi connectivity index (χ4n) is 2.50. The Kier molecular flexibility index (Phi) is 5.51. The fourth-order valence-corrected chi connectivity index (χ4v) is 2.50. The molecule has 0 fully saturated rings. The summed E-state index contributed by atoms with van der Waals surface area (Å²) < 4.78 is 13.6. The van der Waals surface area contributed by atoms with Crippen LogP contribution in [-0.4, -0.2) is 24.5 Å². The SMILES string of the molecule is CC(CN(C)Cc1ccccc1)Nc1cccc(F)c1C#N. The van der Waals surface area contributed by atoms with E-state index in [0.29, 0.717) is 5.69 Å². The number of rotatable bonds is 6. The van der Waals surface area contributed by atoms with Crippen molar-refractivity contribution in [2.24, 2.45) is 0 Å². The first-order chi connectivity index (χ1) is 10.6. The van der Waals surface area contributed by atoms with Gasteiger partial charge in [-0.1, -0.05) is 36.4 Å². The van der Waals surface area contributed by atoms with Crippen LogP contribution in [0.2, 0.25) is 0 Å². The molecular formula is C18H20FN3. The molecule has 114 valence electrons. The lowest BCUT2D eigenvalue weighted by Gasteiger charge is -2.23. The van der Waals surface area contributed by atoms with Gasteiger partial charge in [0.05, 0.1) is 5.69 Å². The molecule has 2 rings (SSSR count). The molecule has 3 nitrogen and oxygen atoms in total. The molecule has 22 heavy (non-hydrogen) atoms. The summed E-state index contributed by atoms with van der Waals surface area (Å²) in [5.74, 6) is -0.489. The molecule has 0 aliphatic carbocycles. The van der Waals surface area contributed by atoms with E-state index < -0.39 is 5.82 Å². The summed E-state index contributed by atoms with van der Waals surface area (Å²) in [5.41, 5.74) is 1.86. The monoisotopic (exact) mass is 297 g/mol. The molecule has 0 aliphatic heterocycles. The Labute approximate surface area is 131 Å². The number of hydrogen-bond donors (Lipinski definition) is 1. The van der Waals surface area contributed by atoms with Crippen molar-refractivity contribution in [3.05, 3.63) is 65.5 Å². The van der Waals surface area contributed by atoms with Gasteiger partial charge in [0.1, 0.15) is 17.4 Å². The first kappa shape index (κ1) is 16.0. The molecule has 1 N–H and O–H groups in total. The van der Waals surface area contributed by atoms with Crippen molar-refractivity contribution in [1.82, 2.24) is 4.90 Å². The van der Waals surface area contributed by atoms with Crippen LogP contribution in [0.4, 0.5) is 10.1 Å². The number of nitrogens with zero attached hydrogens (tertiary/aromatic N) is 2. The standard InChI is InChI=1S/C18H20FN3/c1-14(12-22(2)13-15-7-4-3-5-8-15)21-18-10-6-9-17(19)16(18)11-20/h3-10,14,21H,12-13H2,1-2H3. The number of hydrogen-bond acceptors (Lipinski definition) is 3. The van der Waals surface area contributed by atoms with Crippen LogP contribution < -0.4 is 5.32 Å². The lowest BCUT2D eigenvalue weighted by molar-refractivity contribution is 0.316. The summed E-state index contributed by atoms with van der Waals surface area (Å²) in [4.78, 5) is 2.19. The quantitative estimate of drug-likeness (QED) is 0.885. The van der Waals surface area contributed by atoms with E-state index in [1.54, 1.807) is 12.1 Å². The second kappa shape index (κ2) is 7.58. The summed E-state index contributed by atoms with van der Waals surface area (Å²) in [7, 11) is 2.04. The number of nitrogens with one attached hydrogen (secondary N) is 1. The Morgan fingerprint density at radius 3 is 2.59 bits per heavy atom. The molecule has 2 aromatic carbocycles. The molecule has 1 unspecified atom stereocenters. The smallest absolute Gasteiger partial charge is 0.143 e. The number of nitriles is 1. The largest absolute Gasteiger partial charge is 0.380 e. The predicted octanol–water partition coefficient (Wildman–Crippen LogP) is 3.63. The maximum atomic E-state index is 13.6. The molecule has 0 spiro atoms. The molecule has 0 radical (unpaired) electrons. The molecule has 0 amide bonds. The minimum Gasteiger partial charge on any atom is -0.380 e. The lowest BCUT2D eigenvalue weighted by Crippen LogP contribution is -2.32. The third-order valence-electron chi connectivity index (χ3n) is 3.41. The highest BCUT2D eigenvalue weighted by atomic mass is 19.1. The summed E-state index contributed by atoms with van der Waals surface area (Å²) in [6.07, 6.45) is 0. The average Bonchev–Trinajstić information content (AvgIpc) is 2.48. The molecule has 0 aromatic heterocycles. The first-order valence-corrected chi connectivity index (χ1v) is 7.27. The van der Waals surface area contributed by atoms with Crippen LogP contribution in [-0.2, 0) is 6.54 Å². The highest BCUT2D eigenvalue weighted by Crippen LogP contribution is 2.18. The summed E-state index contributed by atoms with van der Waals surface area (Å²) in [6, 6.07) is 16.9. The number of anilines is 1. The Balaban J connectivity index is 1.94. The average molecular weight is 297 g/mol. The summed E-state index contributed by atoms with van der Waals surface area (Å²) in [5, 5.41) is 12.3. The Bertz CT molecular complexity index is 649. The van der Waals surface area contributed by atoms with E-state index in [1.165, 1.54) is 11.6 Å². The Hall–Kier alpha value is -2.38. The van der Waals surface area contributed by atoms with Crippen molar-refractivity contribution in [3.8, 4) is 6.07 Å². The maximum Gasteiger partial charge on any atom is 0.143 e. The van der Waals surface area contributed by atoms with Crippen LogP contribution in [0.5, 0.6) is 0 Å². The fraction of sp³-hybridized carbons (Fsp3) is 0.278. The zero-order valence-electron chi connectivity index (χ0n) is 12.9. The molecular weight excluding hydrogens is 277 g/mol. The van der Waals surface area contributed by atoms with Gasteiger partial charge in [0.2, 0.25) is 0 Å². The van der Waals surface area contributed by atoms with Crippen LogP contribution in [0, 0.1) is 17.1 Å². The van der Waals surface area contributed by atoms with E-state index in [9.17, 15) is 4.39 Å². The summed E-state index contributed by atoms with van der Waals surface area (Å²) >= 11 is 0. The molecule has 2 aromatic rings. The maximum absolute atomic E-state index is 13.6. The summed E-state index contributed by atoms with van der Waals surface area (Å²) in [6.45, 7) is 3.66. The van der Waals surface area contributed by atoms with Crippen molar-refractivity contribution in [2.45, 2.75) is 19.5 Å². The van der Waals surface area contributed by atoms with Crippen molar-refractivity contribution in [2.75, 3.05) is 18.9 Å². The van der Waals surface area contributed by atoms with Crippen LogP contribution >= 0.6 is 0 Å². The Morgan fingerprint density at radius 2 is 1.91 bits per heavy atom. The van der Waals surface area contributed by atoms with Crippen LogP contribution in [0.25, 0.3) is 0 Å². The predicted molar refractivity (Wildman–Crippen MR) is 87.0 cm³/mol. The van der Waals surface area contributed by atoms with Crippen molar-refractivity contribution < 1.29 is 4.39 Å². The van der Waals surface area contributed by atoms with Crippen LogP contribution in [0.15, 0.2) is 48.5 Å². The molecule has 0 aliphatic rings. The lowest BCUT2D eigenvalue weighted by atomic mass is 10.1. The van der Waals surface area contributed by atoms with E-state index in [4.69, 9.17) is 5.26 Å². The topological polar surface area (TPSA) is 39.1 Å². The van der Waals surface area contributed by atoms with E-state index in [2.05, 4.69) is 22.3 Å². The van der Waals surface area contributed by atoms with E-state index in [-0.39, 0.29) is 11.6 Å². The third-order valence-corrected chi connectivity index (χ3v) is 3.41. The first-order valence-electron chi connectivity index (χ1n) is 7.27. The van der Waals surface area contributed by atoms with Gasteiger partial charge in [-0.15, -0.1) is 0 Å². The zero-order valence-corrected chi connectivity index (χ0v) is 12.9. The van der Waals surface area contributed by atoms with E-state index >= 15 is 0 Å². The van der Waals surface area contributed by atoms with Gasteiger partial charge >= 0.3 is 0 Å². The second-order valence-corrected chi connectivity index (χ2v) is 5.50. The molecule has 0 bridgehead atoms. The van der Waals surface area contributed by atoms with Crippen molar-refractivity contribution in [1.29, 1.82) is 5.26 Å². The van der Waals surface area contributed by atoms with Gasteiger partial charge < -0.3 is 10.2 Å². The van der Waals surface area contributed by atoms with Crippen LogP contribution in [0.1, 0.15) is 18.1 Å². The minimum atomic E-state index is -0.489. The van der Waals surface area contributed by atoms with Gasteiger partial charge in [-0.25, -0.2) is 4.39 Å². The normalized spacial score (nSPS) is 12.0. The van der Waals surface area contributed by atoms with Crippen molar-refractivity contribution >= 4 is 5.69 Å². The highest BCUT2D eigenvalue weighted by molar-refractivity contribution is 5.58. The van der Waals surface area contributed by atoms with Crippen molar-refractivity contribution in [3.63, 3.8) is 0 Å². The van der Waals surface area contributed by atoms with Gasteiger partial charge in [-0.2, -0.15) is 5.26 Å². The zero-order chi connectivity index (χ0) is 15.9. The molecule has 4 heteroatoms. The van der Waals surface area contributed by atoms with E-state index in [1.807, 2.05) is 38.2 Å². The van der Waals surface area contributed by atoms with Gasteiger partial charge in [0, 0.05) is 19.1 Å². The number of benzene rings is 2. The molecule has 0 saturated heterocycles. The second-order valence-electron chi connectivity index (χ2n) is 5.50. The molecule has 0 saturated carbocycles.